The first-order chi connectivity index (χ1) is 16.8. The first kappa shape index (κ1) is 24.9. The van der Waals surface area contributed by atoms with E-state index in [1.165, 1.54) is 19.3 Å². The first-order valence-electron chi connectivity index (χ1n) is 11.6. The maximum atomic E-state index is 9.75. The molecular formula is C24H27BF4N4O2. The number of rotatable bonds is 7. The van der Waals surface area contributed by atoms with Gasteiger partial charge in [-0.15, -0.1) is 15.0 Å². The van der Waals surface area contributed by atoms with Crippen molar-refractivity contribution in [3.05, 3.63) is 71.8 Å². The van der Waals surface area contributed by atoms with Crippen molar-refractivity contribution in [1.82, 2.24) is 19.4 Å². The fraction of sp³-hybridized carbons (Fsp3) is 0.375. The Hall–Kier alpha value is -3.21. The molecule has 3 fully saturated rings. The second-order valence-corrected chi connectivity index (χ2v) is 8.79. The van der Waals surface area contributed by atoms with Crippen LogP contribution in [0.15, 0.2) is 60.7 Å². The maximum Gasteiger partial charge on any atom is 0.673 e. The predicted molar refractivity (Wildman–Crippen MR) is 125 cm³/mol. The van der Waals surface area contributed by atoms with Crippen LogP contribution in [0.25, 0.3) is 0 Å². The van der Waals surface area contributed by atoms with Gasteiger partial charge in [0, 0.05) is 19.3 Å². The van der Waals surface area contributed by atoms with E-state index in [9.17, 15) is 17.3 Å². The van der Waals surface area contributed by atoms with E-state index in [1.54, 1.807) is 0 Å². The average Bonchev–Trinajstić information content (AvgIpc) is 2.88. The number of quaternary nitrogens is 1. The van der Waals surface area contributed by atoms with Crippen LogP contribution < -0.4 is 14.0 Å². The van der Waals surface area contributed by atoms with Crippen LogP contribution in [0.1, 0.15) is 30.4 Å². The Morgan fingerprint density at radius 2 is 1.09 bits per heavy atom. The number of nitrogens with zero attached hydrogens (tertiary/aromatic N) is 4. The van der Waals surface area contributed by atoms with Crippen LogP contribution in [-0.4, -0.2) is 41.8 Å². The summed E-state index contributed by atoms with van der Waals surface area (Å²) in [7, 11) is -6.00. The summed E-state index contributed by atoms with van der Waals surface area (Å²) in [6, 6.07) is 20.8. The van der Waals surface area contributed by atoms with Crippen LogP contribution >= 0.6 is 0 Å². The molecular weight excluding hydrogens is 463 g/mol. The highest BCUT2D eigenvalue weighted by Crippen LogP contribution is 2.37. The fourth-order valence-electron chi connectivity index (χ4n) is 4.47. The van der Waals surface area contributed by atoms with Crippen molar-refractivity contribution < 1.29 is 26.7 Å². The van der Waals surface area contributed by atoms with Crippen LogP contribution in [0.3, 0.4) is 0 Å². The van der Waals surface area contributed by atoms with E-state index in [0.717, 1.165) is 47.1 Å². The Balaban J connectivity index is 0.000000527. The number of benzene rings is 2. The number of halogens is 4. The topological polar surface area (TPSA) is 57.1 Å². The lowest BCUT2D eigenvalue weighted by atomic mass is 9.86. The third-order valence-electron chi connectivity index (χ3n) is 6.32. The number of hydrogen-bond donors (Lipinski definition) is 0. The Kier molecular flexibility index (Phi) is 7.85. The quantitative estimate of drug-likeness (QED) is 0.251. The van der Waals surface area contributed by atoms with E-state index in [0.29, 0.717) is 25.2 Å². The summed E-state index contributed by atoms with van der Waals surface area (Å²) in [4.78, 5) is 13.9. The van der Waals surface area contributed by atoms with E-state index in [-0.39, 0.29) is 0 Å². The maximum absolute atomic E-state index is 9.75. The molecule has 3 aliphatic rings. The molecule has 3 aliphatic heterocycles. The Labute approximate surface area is 201 Å². The van der Waals surface area contributed by atoms with Gasteiger partial charge in [-0.2, -0.15) is 0 Å². The molecule has 0 unspecified atom stereocenters. The number of ether oxygens (including phenoxy) is 2. The number of hydrogen-bond acceptors (Lipinski definition) is 5. The molecule has 0 amide bonds. The van der Waals surface area contributed by atoms with Gasteiger partial charge in [0.2, 0.25) is 0 Å². The zero-order chi connectivity index (χ0) is 24.7. The summed E-state index contributed by atoms with van der Waals surface area (Å²) in [6.07, 6.45) is 3.73. The highest BCUT2D eigenvalue weighted by molar-refractivity contribution is 6.50. The van der Waals surface area contributed by atoms with E-state index >= 15 is 0 Å². The third-order valence-corrected chi connectivity index (χ3v) is 6.32. The molecule has 0 spiro atoms. The normalized spacial score (nSPS) is 21.1. The third kappa shape index (κ3) is 7.39. The van der Waals surface area contributed by atoms with E-state index < -0.39 is 7.25 Å². The molecule has 0 atom stereocenters. The van der Waals surface area contributed by atoms with E-state index in [4.69, 9.17) is 19.4 Å². The standard InChI is InChI=1S/C24H27N4O2.BF4/c1-3-7-20(8-4-1)17-29-23-25-22(28-14-11-19(12-15-28)13-16-28)26-24(27-23)30-18-21-9-5-2-6-10-21;2-1(3,4)5/h1-10,19H,11-18H2;/q+1;-1. The van der Waals surface area contributed by atoms with Gasteiger partial charge in [0.15, 0.2) is 0 Å². The number of piperidine rings is 3. The van der Waals surface area contributed by atoms with Gasteiger partial charge in [0.05, 0.1) is 19.6 Å². The lowest BCUT2D eigenvalue weighted by molar-refractivity contribution is 0.104. The molecule has 4 heterocycles. The molecule has 0 aliphatic carbocycles. The van der Waals surface area contributed by atoms with Crippen molar-refractivity contribution in [2.45, 2.75) is 32.5 Å². The van der Waals surface area contributed by atoms with Crippen LogP contribution in [0.2, 0.25) is 0 Å². The molecule has 186 valence electrons. The minimum atomic E-state index is -6.00. The van der Waals surface area contributed by atoms with E-state index in [1.807, 2.05) is 60.7 Å². The average molecular weight is 490 g/mol. The molecule has 3 saturated heterocycles. The Bertz CT molecular complexity index is 1000. The van der Waals surface area contributed by atoms with Crippen LogP contribution in [-0.2, 0) is 13.2 Å². The van der Waals surface area contributed by atoms with Gasteiger partial charge in [-0.1, -0.05) is 60.7 Å². The van der Waals surface area contributed by atoms with Crippen molar-refractivity contribution in [1.29, 1.82) is 0 Å². The van der Waals surface area contributed by atoms with Gasteiger partial charge < -0.3 is 26.7 Å². The Morgan fingerprint density at radius 1 is 0.686 bits per heavy atom. The molecule has 11 heteroatoms. The summed E-state index contributed by atoms with van der Waals surface area (Å²) < 4.78 is 51.8. The number of fused-ring (bicyclic) bond motifs is 3. The summed E-state index contributed by atoms with van der Waals surface area (Å²) >= 11 is 0. The fourth-order valence-corrected chi connectivity index (χ4v) is 4.47. The largest absolute Gasteiger partial charge is 0.673 e. The summed E-state index contributed by atoms with van der Waals surface area (Å²) in [5.41, 5.74) is 2.16. The van der Waals surface area contributed by atoms with Gasteiger partial charge in [-0.3, -0.25) is 4.48 Å². The predicted octanol–water partition coefficient (Wildman–Crippen LogP) is 5.45. The molecule has 1 aromatic heterocycles. The molecule has 0 radical (unpaired) electrons. The highest BCUT2D eigenvalue weighted by atomic mass is 19.5. The van der Waals surface area contributed by atoms with Gasteiger partial charge in [0.1, 0.15) is 13.2 Å². The SMILES string of the molecule is F[B-](F)(F)F.c1ccc(COc2nc(OCc3ccccc3)nc([N+]34CCC(CC3)CC4)n2)cc1. The summed E-state index contributed by atoms with van der Waals surface area (Å²) in [6.45, 7) is 4.11. The molecule has 2 bridgehead atoms. The second kappa shape index (κ2) is 11.0. The van der Waals surface area contributed by atoms with Crippen molar-refractivity contribution >= 4 is 13.2 Å². The van der Waals surface area contributed by atoms with Gasteiger partial charge in [0.25, 0.3) is 0 Å². The van der Waals surface area contributed by atoms with Gasteiger partial charge >= 0.3 is 25.2 Å². The lowest BCUT2D eigenvalue weighted by Crippen LogP contribution is -2.60. The lowest BCUT2D eigenvalue weighted by Gasteiger charge is -2.46. The van der Waals surface area contributed by atoms with Crippen molar-refractivity contribution in [3.63, 3.8) is 0 Å². The monoisotopic (exact) mass is 490 g/mol. The van der Waals surface area contributed by atoms with Crippen LogP contribution in [0.4, 0.5) is 23.2 Å². The molecule has 3 aromatic rings. The van der Waals surface area contributed by atoms with Crippen molar-refractivity contribution in [2.75, 3.05) is 19.6 Å². The van der Waals surface area contributed by atoms with E-state index in [2.05, 4.69) is 4.98 Å². The van der Waals surface area contributed by atoms with Crippen LogP contribution in [0, 0.1) is 5.92 Å². The molecule has 0 N–H and O–H groups in total. The van der Waals surface area contributed by atoms with Gasteiger partial charge in [-0.25, -0.2) is 0 Å². The Morgan fingerprint density at radius 3 is 1.49 bits per heavy atom. The van der Waals surface area contributed by atoms with Crippen LogP contribution in [0.5, 0.6) is 12.0 Å². The molecule has 6 nitrogen and oxygen atoms in total. The summed E-state index contributed by atoms with van der Waals surface area (Å²) in [5.74, 6) is 1.66. The molecule has 0 saturated carbocycles. The van der Waals surface area contributed by atoms with Crippen molar-refractivity contribution in [2.24, 2.45) is 5.92 Å². The minimum absolute atomic E-state index is 0.340. The van der Waals surface area contributed by atoms with Crippen molar-refractivity contribution in [3.8, 4) is 12.0 Å². The zero-order valence-corrected chi connectivity index (χ0v) is 19.2. The highest BCUT2D eigenvalue weighted by Gasteiger charge is 2.44. The van der Waals surface area contributed by atoms with Gasteiger partial charge in [-0.05, 0) is 17.0 Å². The smallest absolute Gasteiger partial charge is 0.458 e. The minimum Gasteiger partial charge on any atom is -0.458 e. The zero-order valence-electron chi connectivity index (χ0n) is 19.2. The molecule has 35 heavy (non-hydrogen) atoms. The molecule has 6 rings (SSSR count). The summed E-state index contributed by atoms with van der Waals surface area (Å²) in [5, 5.41) is 0. The molecule has 2 aromatic carbocycles. The first-order valence-corrected chi connectivity index (χ1v) is 11.6. The number of aromatic nitrogens is 3. The second-order valence-electron chi connectivity index (χ2n) is 8.79.